The number of amides is 1. The first-order valence-corrected chi connectivity index (χ1v) is 7.47. The maximum absolute atomic E-state index is 13.3. The third kappa shape index (κ3) is 2.88. The van der Waals surface area contributed by atoms with Gasteiger partial charge in [0.25, 0.3) is 5.91 Å². The van der Waals surface area contributed by atoms with Crippen LogP contribution in [0.25, 0.3) is 0 Å². The first-order chi connectivity index (χ1) is 10.5. The summed E-state index contributed by atoms with van der Waals surface area (Å²) in [7, 11) is 0. The van der Waals surface area contributed by atoms with E-state index in [9.17, 15) is 9.18 Å². The highest BCUT2D eigenvalue weighted by atomic mass is 19.1. The van der Waals surface area contributed by atoms with Crippen LogP contribution in [0.1, 0.15) is 40.0 Å². The van der Waals surface area contributed by atoms with E-state index in [2.05, 4.69) is 12.1 Å². The van der Waals surface area contributed by atoms with Crippen LogP contribution in [0, 0.1) is 5.82 Å². The average Bonchev–Trinajstić information content (AvgIpc) is 2.53. The molecule has 0 aromatic heterocycles. The molecule has 0 fully saturated rings. The fraction of sp³-hybridized carbons (Fsp3) is 0.278. The van der Waals surface area contributed by atoms with Crippen molar-refractivity contribution in [2.24, 2.45) is 5.73 Å². The first kappa shape index (κ1) is 14.7. The van der Waals surface area contributed by atoms with Crippen molar-refractivity contribution >= 4 is 5.91 Å². The van der Waals surface area contributed by atoms with Crippen LogP contribution in [0.3, 0.4) is 0 Å². The SMILES string of the molecule is CC(N)c1ccc2c(c1)CN(C(=O)c1cccc(F)c1)CC2. The normalized spacial score (nSPS) is 15.3. The molecule has 0 saturated heterocycles. The number of fused-ring (bicyclic) bond motifs is 1. The van der Waals surface area contributed by atoms with Crippen LogP contribution in [0.5, 0.6) is 0 Å². The summed E-state index contributed by atoms with van der Waals surface area (Å²) in [6.07, 6.45) is 0.815. The van der Waals surface area contributed by atoms with Crippen LogP contribution in [0.4, 0.5) is 4.39 Å². The molecule has 4 heteroatoms. The number of hydrogen-bond donors (Lipinski definition) is 1. The molecule has 0 aliphatic carbocycles. The molecule has 0 spiro atoms. The number of rotatable bonds is 2. The molecule has 2 aromatic carbocycles. The number of hydrogen-bond acceptors (Lipinski definition) is 2. The molecule has 1 amide bonds. The van der Waals surface area contributed by atoms with Gasteiger partial charge in [-0.25, -0.2) is 4.39 Å². The summed E-state index contributed by atoms with van der Waals surface area (Å²) >= 11 is 0. The molecule has 0 saturated carbocycles. The van der Waals surface area contributed by atoms with Crippen LogP contribution in [-0.4, -0.2) is 17.4 Å². The molecule has 0 bridgehead atoms. The van der Waals surface area contributed by atoms with E-state index in [1.165, 1.54) is 17.7 Å². The van der Waals surface area contributed by atoms with Crippen LogP contribution in [0.2, 0.25) is 0 Å². The van der Waals surface area contributed by atoms with E-state index < -0.39 is 0 Å². The molecular formula is C18H19FN2O. The Kier molecular flexibility index (Phi) is 3.94. The van der Waals surface area contributed by atoms with Gasteiger partial charge in [0.2, 0.25) is 0 Å². The van der Waals surface area contributed by atoms with Crippen molar-refractivity contribution in [3.05, 3.63) is 70.5 Å². The predicted octanol–water partition coefficient (Wildman–Crippen LogP) is 3.04. The molecular weight excluding hydrogens is 279 g/mol. The third-order valence-electron chi connectivity index (χ3n) is 4.13. The van der Waals surface area contributed by atoms with E-state index in [1.54, 1.807) is 17.0 Å². The Morgan fingerprint density at radius 2 is 2.05 bits per heavy atom. The van der Waals surface area contributed by atoms with E-state index >= 15 is 0 Å². The Bertz CT molecular complexity index is 712. The first-order valence-electron chi connectivity index (χ1n) is 7.47. The molecule has 2 N–H and O–H groups in total. The lowest BCUT2D eigenvalue weighted by molar-refractivity contribution is 0.0734. The molecule has 22 heavy (non-hydrogen) atoms. The van der Waals surface area contributed by atoms with Crippen LogP contribution >= 0.6 is 0 Å². The van der Waals surface area contributed by atoms with E-state index in [4.69, 9.17) is 5.73 Å². The van der Waals surface area contributed by atoms with Crippen molar-refractivity contribution in [2.75, 3.05) is 6.54 Å². The van der Waals surface area contributed by atoms with Gasteiger partial charge < -0.3 is 10.6 Å². The van der Waals surface area contributed by atoms with Gasteiger partial charge in [-0.1, -0.05) is 24.3 Å². The Balaban J connectivity index is 1.84. The van der Waals surface area contributed by atoms with Gasteiger partial charge in [0.05, 0.1) is 0 Å². The summed E-state index contributed by atoms with van der Waals surface area (Å²) in [6.45, 7) is 3.14. The standard InChI is InChI=1S/C18H19FN2O/c1-12(20)14-6-5-13-7-8-21(11-16(13)9-14)18(22)15-3-2-4-17(19)10-15/h2-6,9-10,12H,7-8,11,20H2,1H3. The minimum Gasteiger partial charge on any atom is -0.334 e. The van der Waals surface area contributed by atoms with E-state index in [0.29, 0.717) is 18.7 Å². The van der Waals surface area contributed by atoms with Crippen molar-refractivity contribution in [2.45, 2.75) is 25.9 Å². The van der Waals surface area contributed by atoms with E-state index in [-0.39, 0.29) is 17.8 Å². The Hall–Kier alpha value is -2.20. The smallest absolute Gasteiger partial charge is 0.254 e. The molecule has 3 rings (SSSR count). The molecule has 2 aromatic rings. The average molecular weight is 298 g/mol. The minimum atomic E-state index is -0.387. The number of carbonyl (C=O) groups excluding carboxylic acids is 1. The minimum absolute atomic E-state index is 0.0282. The highest BCUT2D eigenvalue weighted by molar-refractivity contribution is 5.94. The lowest BCUT2D eigenvalue weighted by Crippen LogP contribution is -2.36. The Morgan fingerprint density at radius 3 is 2.77 bits per heavy atom. The maximum Gasteiger partial charge on any atom is 0.254 e. The predicted molar refractivity (Wildman–Crippen MR) is 83.9 cm³/mol. The zero-order chi connectivity index (χ0) is 15.7. The van der Waals surface area contributed by atoms with Gasteiger partial charge in [-0.2, -0.15) is 0 Å². The summed E-state index contributed by atoms with van der Waals surface area (Å²) in [4.78, 5) is 14.3. The molecule has 1 aliphatic heterocycles. The zero-order valence-corrected chi connectivity index (χ0v) is 12.6. The van der Waals surface area contributed by atoms with Crippen molar-refractivity contribution in [3.8, 4) is 0 Å². The fourth-order valence-electron chi connectivity index (χ4n) is 2.84. The zero-order valence-electron chi connectivity index (χ0n) is 12.6. The van der Waals surface area contributed by atoms with Crippen LogP contribution < -0.4 is 5.73 Å². The number of nitrogens with zero attached hydrogens (tertiary/aromatic N) is 1. The van der Waals surface area contributed by atoms with Gasteiger partial charge >= 0.3 is 0 Å². The van der Waals surface area contributed by atoms with Crippen LogP contribution in [0.15, 0.2) is 42.5 Å². The van der Waals surface area contributed by atoms with Gasteiger partial charge in [0, 0.05) is 24.7 Å². The Morgan fingerprint density at radius 1 is 1.23 bits per heavy atom. The van der Waals surface area contributed by atoms with Crippen molar-refractivity contribution in [1.29, 1.82) is 0 Å². The topological polar surface area (TPSA) is 46.3 Å². The third-order valence-corrected chi connectivity index (χ3v) is 4.13. The summed E-state index contributed by atoms with van der Waals surface area (Å²) in [5, 5.41) is 0. The summed E-state index contributed by atoms with van der Waals surface area (Å²) in [5.74, 6) is -0.515. The van der Waals surface area contributed by atoms with Crippen molar-refractivity contribution in [1.82, 2.24) is 4.90 Å². The van der Waals surface area contributed by atoms with Crippen molar-refractivity contribution in [3.63, 3.8) is 0 Å². The summed E-state index contributed by atoms with van der Waals surface area (Å²) < 4.78 is 13.3. The van der Waals surface area contributed by atoms with E-state index in [1.807, 2.05) is 13.0 Å². The summed E-state index contributed by atoms with van der Waals surface area (Å²) in [5.41, 5.74) is 9.78. The molecule has 1 heterocycles. The lowest BCUT2D eigenvalue weighted by atomic mass is 9.95. The monoisotopic (exact) mass is 298 g/mol. The fourth-order valence-corrected chi connectivity index (χ4v) is 2.84. The largest absolute Gasteiger partial charge is 0.334 e. The van der Waals surface area contributed by atoms with Gasteiger partial charge in [0.1, 0.15) is 5.82 Å². The number of halogens is 1. The molecule has 1 unspecified atom stereocenters. The molecule has 3 nitrogen and oxygen atoms in total. The van der Waals surface area contributed by atoms with Crippen molar-refractivity contribution < 1.29 is 9.18 Å². The molecule has 114 valence electrons. The molecule has 0 radical (unpaired) electrons. The molecule has 1 aliphatic rings. The quantitative estimate of drug-likeness (QED) is 0.926. The van der Waals surface area contributed by atoms with Crippen LogP contribution in [-0.2, 0) is 13.0 Å². The van der Waals surface area contributed by atoms with Gasteiger partial charge in [0.15, 0.2) is 0 Å². The second-order valence-corrected chi connectivity index (χ2v) is 5.80. The Labute approximate surface area is 129 Å². The highest BCUT2D eigenvalue weighted by Gasteiger charge is 2.22. The molecule has 1 atom stereocenters. The number of nitrogens with two attached hydrogens (primary N) is 1. The van der Waals surface area contributed by atoms with Gasteiger partial charge in [-0.15, -0.1) is 0 Å². The second-order valence-electron chi connectivity index (χ2n) is 5.80. The summed E-state index contributed by atoms with van der Waals surface area (Å²) in [6, 6.07) is 12.0. The van der Waals surface area contributed by atoms with Gasteiger partial charge in [-0.3, -0.25) is 4.79 Å². The van der Waals surface area contributed by atoms with E-state index in [0.717, 1.165) is 17.5 Å². The highest BCUT2D eigenvalue weighted by Crippen LogP contribution is 2.24. The maximum atomic E-state index is 13.3. The second kappa shape index (κ2) is 5.89. The number of benzene rings is 2. The lowest BCUT2D eigenvalue weighted by Gasteiger charge is -2.29. The van der Waals surface area contributed by atoms with Gasteiger partial charge in [-0.05, 0) is 48.2 Å². The number of carbonyl (C=O) groups is 1.